The Hall–Kier alpha value is -1.70. The lowest BCUT2D eigenvalue weighted by atomic mass is 9.93. The van der Waals surface area contributed by atoms with E-state index < -0.39 is 0 Å². The first kappa shape index (κ1) is 24.0. The molecule has 0 radical (unpaired) electrons. The number of morpholine rings is 1. The number of hydrogen-bond acceptors (Lipinski definition) is 4. The largest absolute Gasteiger partial charge is 0.379 e. The molecule has 2 heterocycles. The van der Waals surface area contributed by atoms with Crippen LogP contribution in [0.15, 0.2) is 29.3 Å². The second-order valence-electron chi connectivity index (χ2n) is 8.53. The summed E-state index contributed by atoms with van der Waals surface area (Å²) in [6.07, 6.45) is 3.78. The zero-order chi connectivity index (χ0) is 21.9. The van der Waals surface area contributed by atoms with E-state index in [9.17, 15) is 4.39 Å². The van der Waals surface area contributed by atoms with Crippen molar-refractivity contribution in [2.45, 2.75) is 39.2 Å². The van der Waals surface area contributed by atoms with Crippen LogP contribution in [-0.4, -0.2) is 81.3 Å². The molecule has 1 aromatic carbocycles. The van der Waals surface area contributed by atoms with Crippen LogP contribution < -0.4 is 10.6 Å². The molecule has 2 N–H and O–H groups in total. The fourth-order valence-electron chi connectivity index (χ4n) is 4.51. The van der Waals surface area contributed by atoms with Crippen LogP contribution in [-0.2, 0) is 4.74 Å². The van der Waals surface area contributed by atoms with Gasteiger partial charge in [-0.05, 0) is 69.4 Å². The average Bonchev–Trinajstić information content (AvgIpc) is 2.81. The van der Waals surface area contributed by atoms with E-state index >= 15 is 0 Å². The highest BCUT2D eigenvalue weighted by atomic mass is 19.1. The van der Waals surface area contributed by atoms with Crippen molar-refractivity contribution in [3.63, 3.8) is 0 Å². The van der Waals surface area contributed by atoms with Gasteiger partial charge in [-0.3, -0.25) is 9.89 Å². The highest BCUT2D eigenvalue weighted by molar-refractivity contribution is 5.79. The molecule has 31 heavy (non-hydrogen) atoms. The molecular formula is C24H40FN5O. The van der Waals surface area contributed by atoms with Crippen LogP contribution >= 0.6 is 0 Å². The van der Waals surface area contributed by atoms with Crippen LogP contribution in [0.5, 0.6) is 0 Å². The predicted octanol–water partition coefficient (Wildman–Crippen LogP) is 2.88. The van der Waals surface area contributed by atoms with Crippen molar-refractivity contribution < 1.29 is 9.13 Å². The van der Waals surface area contributed by atoms with E-state index in [4.69, 9.17) is 9.73 Å². The van der Waals surface area contributed by atoms with E-state index in [1.165, 1.54) is 38.9 Å². The molecule has 0 spiro atoms. The normalized spacial score (nSPS) is 20.5. The maximum Gasteiger partial charge on any atom is 0.191 e. The Labute approximate surface area is 187 Å². The summed E-state index contributed by atoms with van der Waals surface area (Å²) in [4.78, 5) is 9.84. The van der Waals surface area contributed by atoms with Gasteiger partial charge >= 0.3 is 0 Å². The summed E-state index contributed by atoms with van der Waals surface area (Å²) in [5, 5.41) is 6.92. The van der Waals surface area contributed by atoms with Crippen molar-refractivity contribution in [1.82, 2.24) is 20.4 Å². The second kappa shape index (κ2) is 13.0. The maximum absolute atomic E-state index is 13.5. The van der Waals surface area contributed by atoms with Gasteiger partial charge in [0.05, 0.1) is 25.8 Å². The summed E-state index contributed by atoms with van der Waals surface area (Å²) in [5.41, 5.74) is 1.10. The minimum absolute atomic E-state index is 0.123. The molecule has 0 amide bonds. The molecule has 3 rings (SSSR count). The van der Waals surface area contributed by atoms with Crippen molar-refractivity contribution in [3.05, 3.63) is 35.6 Å². The summed E-state index contributed by atoms with van der Waals surface area (Å²) in [7, 11) is 0. The molecule has 0 aromatic heterocycles. The maximum atomic E-state index is 13.5. The molecule has 2 aliphatic rings. The van der Waals surface area contributed by atoms with Gasteiger partial charge in [0.2, 0.25) is 0 Å². The predicted molar refractivity (Wildman–Crippen MR) is 125 cm³/mol. The highest BCUT2D eigenvalue weighted by Crippen LogP contribution is 2.23. The molecule has 7 heteroatoms. The number of nitrogens with one attached hydrogen (secondary N) is 2. The van der Waals surface area contributed by atoms with Crippen molar-refractivity contribution in [3.8, 4) is 0 Å². The van der Waals surface area contributed by atoms with Gasteiger partial charge in [0.25, 0.3) is 0 Å². The van der Waals surface area contributed by atoms with Crippen molar-refractivity contribution >= 4 is 5.96 Å². The Bertz CT molecular complexity index is 654. The Balaban J connectivity index is 1.56. The molecule has 1 unspecified atom stereocenters. The van der Waals surface area contributed by atoms with Crippen molar-refractivity contribution in [2.24, 2.45) is 10.9 Å². The van der Waals surface area contributed by atoms with E-state index in [0.29, 0.717) is 6.54 Å². The molecular weight excluding hydrogens is 393 g/mol. The Morgan fingerprint density at radius 2 is 1.81 bits per heavy atom. The zero-order valence-electron chi connectivity index (χ0n) is 19.3. The van der Waals surface area contributed by atoms with Crippen LogP contribution in [0, 0.1) is 11.7 Å². The van der Waals surface area contributed by atoms with Gasteiger partial charge in [0, 0.05) is 26.2 Å². The molecule has 2 aliphatic heterocycles. The summed E-state index contributed by atoms with van der Waals surface area (Å²) in [6.45, 7) is 13.6. The Morgan fingerprint density at radius 3 is 2.45 bits per heavy atom. The van der Waals surface area contributed by atoms with E-state index in [1.807, 2.05) is 12.1 Å². The number of nitrogens with zero attached hydrogens (tertiary/aromatic N) is 3. The monoisotopic (exact) mass is 433 g/mol. The van der Waals surface area contributed by atoms with E-state index in [1.54, 1.807) is 12.1 Å². The average molecular weight is 434 g/mol. The number of halogens is 1. The first-order valence-electron chi connectivity index (χ1n) is 12.0. The number of ether oxygens (including phenoxy) is 1. The molecule has 1 atom stereocenters. The number of likely N-dealkylation sites (tertiary alicyclic amines) is 1. The van der Waals surface area contributed by atoms with Crippen LogP contribution in [0.3, 0.4) is 0 Å². The molecule has 2 fully saturated rings. The van der Waals surface area contributed by atoms with Crippen molar-refractivity contribution in [2.75, 3.05) is 65.6 Å². The van der Waals surface area contributed by atoms with E-state index in [0.717, 1.165) is 56.8 Å². The minimum atomic E-state index is -0.201. The number of rotatable bonds is 9. The van der Waals surface area contributed by atoms with Gasteiger partial charge in [0.1, 0.15) is 5.82 Å². The van der Waals surface area contributed by atoms with Gasteiger partial charge in [-0.15, -0.1) is 0 Å². The lowest BCUT2D eigenvalue weighted by Gasteiger charge is -2.34. The Morgan fingerprint density at radius 1 is 1.10 bits per heavy atom. The second-order valence-corrected chi connectivity index (χ2v) is 8.53. The molecule has 0 bridgehead atoms. The number of benzene rings is 1. The molecule has 6 nitrogen and oxygen atoms in total. The van der Waals surface area contributed by atoms with E-state index in [2.05, 4.69) is 34.3 Å². The fourth-order valence-corrected chi connectivity index (χ4v) is 4.51. The molecule has 174 valence electrons. The summed E-state index contributed by atoms with van der Waals surface area (Å²) >= 11 is 0. The molecule has 1 aromatic rings. The first-order chi connectivity index (χ1) is 15.2. The minimum Gasteiger partial charge on any atom is -0.379 e. The highest BCUT2D eigenvalue weighted by Gasteiger charge is 2.23. The van der Waals surface area contributed by atoms with Crippen LogP contribution in [0.25, 0.3) is 0 Å². The summed E-state index contributed by atoms with van der Waals surface area (Å²) < 4.78 is 19.0. The molecule has 0 saturated carbocycles. The third kappa shape index (κ3) is 7.74. The van der Waals surface area contributed by atoms with Crippen molar-refractivity contribution in [1.29, 1.82) is 0 Å². The molecule has 0 aliphatic carbocycles. The molecule has 2 saturated heterocycles. The first-order valence-corrected chi connectivity index (χ1v) is 12.0. The number of aliphatic imine (C=N–C) groups is 1. The lowest BCUT2D eigenvalue weighted by Crippen LogP contribution is -2.42. The lowest BCUT2D eigenvalue weighted by molar-refractivity contribution is 0.0179. The number of guanidine groups is 1. The number of piperidine rings is 1. The van der Waals surface area contributed by atoms with Crippen LogP contribution in [0.4, 0.5) is 4.39 Å². The van der Waals surface area contributed by atoms with Crippen LogP contribution in [0.2, 0.25) is 0 Å². The van der Waals surface area contributed by atoms with Gasteiger partial charge < -0.3 is 20.3 Å². The quantitative estimate of drug-likeness (QED) is 0.463. The van der Waals surface area contributed by atoms with Gasteiger partial charge in [-0.1, -0.05) is 19.1 Å². The topological polar surface area (TPSA) is 52.1 Å². The van der Waals surface area contributed by atoms with Gasteiger partial charge in [-0.2, -0.15) is 0 Å². The fraction of sp³-hybridized carbons (Fsp3) is 0.708. The zero-order valence-corrected chi connectivity index (χ0v) is 19.3. The van der Waals surface area contributed by atoms with E-state index in [-0.39, 0.29) is 11.9 Å². The summed E-state index contributed by atoms with van der Waals surface area (Å²) in [5.74, 6) is 1.47. The standard InChI is InChI=1S/C24H40FN5O/c1-3-26-24(27-12-9-20-10-13-29(4-2)14-11-20)28-19-23(30-15-17-31-18-16-30)21-5-7-22(25)8-6-21/h5-8,20,23H,3-4,9-19H2,1-2H3,(H2,26,27,28). The third-order valence-electron chi connectivity index (χ3n) is 6.51. The van der Waals surface area contributed by atoms with Gasteiger partial charge in [-0.25, -0.2) is 4.39 Å². The number of hydrogen-bond donors (Lipinski definition) is 2. The summed E-state index contributed by atoms with van der Waals surface area (Å²) in [6, 6.07) is 6.97. The Kier molecular flexibility index (Phi) is 10.0. The third-order valence-corrected chi connectivity index (χ3v) is 6.51. The SMILES string of the molecule is CCNC(=NCC(c1ccc(F)cc1)N1CCOCC1)NCCC1CCN(CC)CC1. The smallest absolute Gasteiger partial charge is 0.191 e. The van der Waals surface area contributed by atoms with Crippen LogP contribution in [0.1, 0.15) is 44.7 Å². The van der Waals surface area contributed by atoms with Gasteiger partial charge in [0.15, 0.2) is 5.96 Å².